The second kappa shape index (κ2) is 7.71. The number of anilines is 2. The number of hydrogen-bond donors (Lipinski definition) is 2. The Balaban J connectivity index is 1.56. The molecule has 1 heterocycles. The van der Waals surface area contributed by atoms with E-state index in [1.54, 1.807) is 10.7 Å². The molecule has 0 saturated heterocycles. The van der Waals surface area contributed by atoms with E-state index in [9.17, 15) is 10.1 Å². The summed E-state index contributed by atoms with van der Waals surface area (Å²) in [6.45, 7) is 1.15. The topological polar surface area (TPSA) is 111 Å². The average Bonchev–Trinajstić information content (AvgIpc) is 3.09. The van der Waals surface area contributed by atoms with Gasteiger partial charge in [0.1, 0.15) is 0 Å². The molecule has 0 unspecified atom stereocenters. The van der Waals surface area contributed by atoms with Crippen molar-refractivity contribution in [1.29, 1.82) is 0 Å². The number of tetrazole rings is 1. The van der Waals surface area contributed by atoms with E-state index in [0.29, 0.717) is 23.5 Å². The lowest BCUT2D eigenvalue weighted by Gasteiger charge is -2.10. The zero-order valence-electron chi connectivity index (χ0n) is 13.0. The van der Waals surface area contributed by atoms with Crippen molar-refractivity contribution in [3.63, 3.8) is 0 Å². The van der Waals surface area contributed by atoms with Crippen LogP contribution in [-0.2, 0) is 0 Å². The Hall–Kier alpha value is -3.01. The zero-order valence-corrected chi connectivity index (χ0v) is 14.5. The van der Waals surface area contributed by atoms with Crippen molar-refractivity contribution in [2.24, 2.45) is 0 Å². The number of hydrogen-bond acceptors (Lipinski definition) is 7. The van der Waals surface area contributed by atoms with Crippen LogP contribution in [0.2, 0.25) is 0 Å². The normalized spacial score (nSPS) is 10.4. The van der Waals surface area contributed by atoms with Gasteiger partial charge < -0.3 is 10.6 Å². The molecule has 0 bridgehead atoms. The molecule has 0 amide bonds. The number of nitrogens with one attached hydrogen (secondary N) is 2. The predicted octanol–water partition coefficient (Wildman–Crippen LogP) is 2.86. The van der Waals surface area contributed by atoms with Gasteiger partial charge in [0.05, 0.1) is 10.6 Å². The van der Waals surface area contributed by atoms with Gasteiger partial charge in [-0.3, -0.25) is 10.1 Å². The fourth-order valence-electron chi connectivity index (χ4n) is 2.17. The lowest BCUT2D eigenvalue weighted by atomic mass is 10.3. The zero-order chi connectivity index (χ0) is 17.6. The second-order valence-electron chi connectivity index (χ2n) is 5.02. The van der Waals surface area contributed by atoms with Crippen LogP contribution in [0.4, 0.5) is 17.3 Å². The first-order valence-electron chi connectivity index (χ1n) is 7.40. The monoisotopic (exact) mass is 403 g/mol. The molecule has 10 heteroatoms. The first kappa shape index (κ1) is 16.8. The third kappa shape index (κ3) is 4.10. The van der Waals surface area contributed by atoms with Crippen molar-refractivity contribution in [3.8, 4) is 5.69 Å². The fourth-order valence-corrected chi connectivity index (χ4v) is 2.68. The van der Waals surface area contributed by atoms with E-state index < -0.39 is 4.92 Å². The van der Waals surface area contributed by atoms with Crippen molar-refractivity contribution >= 4 is 33.3 Å². The lowest BCUT2D eigenvalue weighted by Crippen LogP contribution is -2.16. The third-order valence-corrected chi connectivity index (χ3v) is 4.01. The van der Waals surface area contributed by atoms with Crippen molar-refractivity contribution in [2.45, 2.75) is 0 Å². The maximum atomic E-state index is 10.7. The molecule has 0 aliphatic heterocycles. The highest BCUT2D eigenvalue weighted by molar-refractivity contribution is 9.10. The highest BCUT2D eigenvalue weighted by Gasteiger charge is 2.09. The number of benzene rings is 2. The Morgan fingerprint density at radius 3 is 2.60 bits per heavy atom. The van der Waals surface area contributed by atoms with Crippen LogP contribution in [0.1, 0.15) is 0 Å². The molecule has 2 N–H and O–H groups in total. The molecule has 9 nitrogen and oxygen atoms in total. The van der Waals surface area contributed by atoms with Crippen molar-refractivity contribution in [3.05, 3.63) is 63.1 Å². The van der Waals surface area contributed by atoms with Gasteiger partial charge in [-0.15, -0.1) is 0 Å². The number of non-ortho nitro benzene ring substituents is 1. The highest BCUT2D eigenvalue weighted by Crippen LogP contribution is 2.26. The van der Waals surface area contributed by atoms with E-state index >= 15 is 0 Å². The smallest absolute Gasteiger partial charge is 0.270 e. The minimum atomic E-state index is -0.431. The van der Waals surface area contributed by atoms with Gasteiger partial charge in [-0.1, -0.05) is 23.3 Å². The van der Waals surface area contributed by atoms with Crippen LogP contribution in [0.25, 0.3) is 5.69 Å². The molecule has 0 aliphatic rings. The number of halogens is 1. The molecule has 128 valence electrons. The summed E-state index contributed by atoms with van der Waals surface area (Å²) in [4.78, 5) is 10.3. The van der Waals surface area contributed by atoms with Gasteiger partial charge in [-0.25, -0.2) is 0 Å². The number of rotatable bonds is 7. The molecule has 25 heavy (non-hydrogen) atoms. The minimum absolute atomic E-state index is 0.0394. The number of aromatic nitrogens is 4. The van der Waals surface area contributed by atoms with Gasteiger partial charge in [0.2, 0.25) is 5.95 Å². The molecule has 0 spiro atoms. The number of nitro benzene ring substituents is 1. The first-order valence-corrected chi connectivity index (χ1v) is 8.20. The van der Waals surface area contributed by atoms with Crippen LogP contribution in [0.3, 0.4) is 0 Å². The quantitative estimate of drug-likeness (QED) is 0.354. The van der Waals surface area contributed by atoms with E-state index in [1.165, 1.54) is 12.1 Å². The third-order valence-electron chi connectivity index (χ3n) is 3.36. The first-order chi connectivity index (χ1) is 12.1. The van der Waals surface area contributed by atoms with Crippen LogP contribution in [0, 0.1) is 10.1 Å². The molecule has 3 rings (SSSR count). The van der Waals surface area contributed by atoms with Crippen LogP contribution < -0.4 is 10.6 Å². The molecule has 2 aromatic carbocycles. The number of para-hydroxylation sites is 1. The summed E-state index contributed by atoms with van der Waals surface area (Å²) in [6, 6.07) is 14.1. The van der Waals surface area contributed by atoms with Crippen molar-refractivity contribution in [1.82, 2.24) is 20.2 Å². The molecule has 0 fully saturated rings. The van der Waals surface area contributed by atoms with Crippen LogP contribution >= 0.6 is 15.9 Å². The molecular weight excluding hydrogens is 390 g/mol. The van der Waals surface area contributed by atoms with E-state index in [2.05, 4.69) is 42.1 Å². The van der Waals surface area contributed by atoms with Crippen LogP contribution in [0.5, 0.6) is 0 Å². The van der Waals surface area contributed by atoms with Gasteiger partial charge >= 0.3 is 0 Å². The molecular formula is C15H14BrN7O2. The summed E-state index contributed by atoms with van der Waals surface area (Å²) >= 11 is 3.32. The molecule has 1 aromatic heterocycles. The van der Waals surface area contributed by atoms with Gasteiger partial charge in [0, 0.05) is 35.4 Å². The second-order valence-corrected chi connectivity index (χ2v) is 5.88. The summed E-state index contributed by atoms with van der Waals surface area (Å²) in [7, 11) is 0. The Morgan fingerprint density at radius 1 is 1.12 bits per heavy atom. The largest absolute Gasteiger partial charge is 0.382 e. The van der Waals surface area contributed by atoms with Crippen LogP contribution in [0.15, 0.2) is 53.0 Å². The maximum Gasteiger partial charge on any atom is 0.270 e. The average molecular weight is 404 g/mol. The van der Waals surface area contributed by atoms with Crippen molar-refractivity contribution < 1.29 is 4.92 Å². The standard InChI is InChI=1S/C15H14BrN7O2/c16-13-10-12(23(24)25)6-7-14(13)17-8-9-18-15-19-20-21-22(15)11-4-2-1-3-5-11/h1-7,10,17H,8-9H2,(H,18,19,21). The van der Waals surface area contributed by atoms with E-state index in [4.69, 9.17) is 0 Å². The van der Waals surface area contributed by atoms with Gasteiger partial charge in [-0.2, -0.15) is 4.68 Å². The van der Waals surface area contributed by atoms with E-state index in [0.717, 1.165) is 11.4 Å². The Bertz CT molecular complexity index is 869. The summed E-state index contributed by atoms with van der Waals surface area (Å²) in [5, 5.41) is 28.7. The summed E-state index contributed by atoms with van der Waals surface area (Å²) in [5.74, 6) is 0.538. The maximum absolute atomic E-state index is 10.7. The molecule has 0 atom stereocenters. The van der Waals surface area contributed by atoms with Gasteiger partial charge in [-0.05, 0) is 44.6 Å². The molecule has 0 radical (unpaired) electrons. The Morgan fingerprint density at radius 2 is 1.88 bits per heavy atom. The summed E-state index contributed by atoms with van der Waals surface area (Å²) in [5.41, 5.74) is 1.67. The molecule has 0 saturated carbocycles. The summed E-state index contributed by atoms with van der Waals surface area (Å²) in [6.07, 6.45) is 0. The SMILES string of the molecule is O=[N+]([O-])c1ccc(NCCNc2nnnn2-c2ccccc2)c(Br)c1. The number of nitrogens with zero attached hydrogens (tertiary/aromatic N) is 5. The fraction of sp³-hybridized carbons (Fsp3) is 0.133. The van der Waals surface area contributed by atoms with Gasteiger partial charge in [0.25, 0.3) is 5.69 Å². The molecule has 3 aromatic rings. The van der Waals surface area contributed by atoms with Crippen LogP contribution in [-0.4, -0.2) is 38.2 Å². The summed E-state index contributed by atoms with van der Waals surface area (Å²) < 4.78 is 2.25. The highest BCUT2D eigenvalue weighted by atomic mass is 79.9. The Kier molecular flexibility index (Phi) is 5.19. The molecule has 0 aliphatic carbocycles. The number of nitro groups is 1. The lowest BCUT2D eigenvalue weighted by molar-refractivity contribution is -0.384. The minimum Gasteiger partial charge on any atom is -0.382 e. The van der Waals surface area contributed by atoms with Crippen molar-refractivity contribution in [2.75, 3.05) is 23.7 Å². The Labute approximate surface area is 151 Å². The predicted molar refractivity (Wildman–Crippen MR) is 96.9 cm³/mol. The van der Waals surface area contributed by atoms with Gasteiger partial charge in [0.15, 0.2) is 0 Å². The van der Waals surface area contributed by atoms with E-state index in [1.807, 2.05) is 30.3 Å². The van der Waals surface area contributed by atoms with E-state index in [-0.39, 0.29) is 5.69 Å².